The van der Waals surface area contributed by atoms with Crippen LogP contribution in [0.25, 0.3) is 0 Å². The molecule has 26 heavy (non-hydrogen) atoms. The summed E-state index contributed by atoms with van der Waals surface area (Å²) >= 11 is 6.25. The SMILES string of the molecule is CCc1ccccc1NC(=O)C1CC1C(=O)Nc1c(C)cc(C)cc1Cl. The summed E-state index contributed by atoms with van der Waals surface area (Å²) in [6.45, 7) is 5.92. The molecular formula is C21H23ClN2O2. The lowest BCUT2D eigenvalue weighted by molar-refractivity contribution is -0.122. The van der Waals surface area contributed by atoms with E-state index in [9.17, 15) is 9.59 Å². The summed E-state index contributed by atoms with van der Waals surface area (Å²) in [4.78, 5) is 25.0. The van der Waals surface area contributed by atoms with Crippen LogP contribution in [-0.2, 0) is 16.0 Å². The number of amides is 2. The Morgan fingerprint density at radius 2 is 1.73 bits per heavy atom. The molecule has 136 valence electrons. The number of carbonyl (C=O) groups excluding carboxylic acids is 2. The molecule has 2 amide bonds. The fraction of sp³-hybridized carbons (Fsp3) is 0.333. The molecule has 2 aromatic carbocycles. The van der Waals surface area contributed by atoms with Gasteiger partial charge in [-0.2, -0.15) is 0 Å². The zero-order valence-electron chi connectivity index (χ0n) is 15.2. The van der Waals surface area contributed by atoms with Gasteiger partial charge in [0.1, 0.15) is 0 Å². The summed E-state index contributed by atoms with van der Waals surface area (Å²) in [6, 6.07) is 11.5. The van der Waals surface area contributed by atoms with Crippen molar-refractivity contribution in [1.29, 1.82) is 0 Å². The number of para-hydroxylation sites is 1. The van der Waals surface area contributed by atoms with Gasteiger partial charge in [0.25, 0.3) is 0 Å². The molecule has 5 heteroatoms. The molecule has 2 unspecified atom stereocenters. The van der Waals surface area contributed by atoms with E-state index in [-0.39, 0.29) is 23.7 Å². The Balaban J connectivity index is 1.63. The smallest absolute Gasteiger partial charge is 0.228 e. The summed E-state index contributed by atoms with van der Waals surface area (Å²) in [6.07, 6.45) is 1.41. The van der Waals surface area contributed by atoms with E-state index in [1.807, 2.05) is 57.2 Å². The van der Waals surface area contributed by atoms with Gasteiger partial charge in [-0.25, -0.2) is 0 Å². The summed E-state index contributed by atoms with van der Waals surface area (Å²) in [5, 5.41) is 6.37. The Kier molecular flexibility index (Phi) is 5.33. The third kappa shape index (κ3) is 3.91. The predicted molar refractivity (Wildman–Crippen MR) is 106 cm³/mol. The lowest BCUT2D eigenvalue weighted by atomic mass is 10.1. The van der Waals surface area contributed by atoms with Gasteiger partial charge >= 0.3 is 0 Å². The van der Waals surface area contributed by atoms with E-state index >= 15 is 0 Å². The minimum Gasteiger partial charge on any atom is -0.326 e. The summed E-state index contributed by atoms with van der Waals surface area (Å²) in [5.41, 5.74) is 4.50. The Hall–Kier alpha value is -2.33. The number of hydrogen-bond acceptors (Lipinski definition) is 2. The molecule has 4 nitrogen and oxygen atoms in total. The number of rotatable bonds is 5. The van der Waals surface area contributed by atoms with E-state index in [1.54, 1.807) is 0 Å². The maximum absolute atomic E-state index is 12.5. The normalized spacial score (nSPS) is 18.3. The first kappa shape index (κ1) is 18.5. The Bertz CT molecular complexity index is 840. The van der Waals surface area contributed by atoms with Crippen molar-refractivity contribution in [2.24, 2.45) is 11.8 Å². The molecule has 2 N–H and O–H groups in total. The van der Waals surface area contributed by atoms with Crippen LogP contribution < -0.4 is 10.6 Å². The minimum atomic E-state index is -0.305. The average Bonchev–Trinajstić information content (AvgIpc) is 3.39. The number of aryl methyl sites for hydroxylation is 3. The van der Waals surface area contributed by atoms with Crippen molar-refractivity contribution in [3.63, 3.8) is 0 Å². The van der Waals surface area contributed by atoms with Crippen LogP contribution in [-0.4, -0.2) is 11.8 Å². The van der Waals surface area contributed by atoms with Crippen LogP contribution in [0.3, 0.4) is 0 Å². The van der Waals surface area contributed by atoms with Crippen LogP contribution in [0, 0.1) is 25.7 Å². The maximum Gasteiger partial charge on any atom is 0.228 e. The topological polar surface area (TPSA) is 58.2 Å². The molecular weight excluding hydrogens is 348 g/mol. The van der Waals surface area contributed by atoms with Crippen LogP contribution >= 0.6 is 11.6 Å². The van der Waals surface area contributed by atoms with Gasteiger partial charge in [-0.1, -0.05) is 42.8 Å². The van der Waals surface area contributed by atoms with Gasteiger partial charge in [0.15, 0.2) is 0 Å². The van der Waals surface area contributed by atoms with Gasteiger partial charge < -0.3 is 10.6 Å². The molecule has 1 aliphatic rings. The van der Waals surface area contributed by atoms with Gasteiger partial charge in [0, 0.05) is 5.69 Å². The molecule has 2 aromatic rings. The third-order valence-electron chi connectivity index (χ3n) is 4.80. The minimum absolute atomic E-state index is 0.0993. The second kappa shape index (κ2) is 7.50. The number of benzene rings is 2. The average molecular weight is 371 g/mol. The van der Waals surface area contributed by atoms with Gasteiger partial charge in [-0.15, -0.1) is 0 Å². The van der Waals surface area contributed by atoms with E-state index < -0.39 is 0 Å². The highest BCUT2D eigenvalue weighted by Crippen LogP contribution is 2.41. The molecule has 0 aliphatic heterocycles. The molecule has 0 aromatic heterocycles. The molecule has 1 aliphatic carbocycles. The number of carbonyl (C=O) groups is 2. The lowest BCUT2D eigenvalue weighted by Gasteiger charge is -2.12. The second-order valence-electron chi connectivity index (χ2n) is 6.88. The number of nitrogens with one attached hydrogen (secondary N) is 2. The third-order valence-corrected chi connectivity index (χ3v) is 5.10. The van der Waals surface area contributed by atoms with E-state index in [0.29, 0.717) is 17.1 Å². The monoisotopic (exact) mass is 370 g/mol. The van der Waals surface area contributed by atoms with Crippen molar-refractivity contribution in [3.05, 3.63) is 58.1 Å². The Morgan fingerprint density at radius 3 is 2.38 bits per heavy atom. The van der Waals surface area contributed by atoms with Crippen molar-refractivity contribution in [2.45, 2.75) is 33.6 Å². The molecule has 2 atom stereocenters. The quantitative estimate of drug-likeness (QED) is 0.799. The molecule has 0 radical (unpaired) electrons. The number of halogens is 1. The van der Waals surface area contributed by atoms with Crippen LogP contribution in [0.4, 0.5) is 11.4 Å². The van der Waals surface area contributed by atoms with Crippen molar-refractivity contribution in [3.8, 4) is 0 Å². The standard InChI is InChI=1S/C21H23ClN2O2/c1-4-14-7-5-6-8-18(14)23-20(25)15-11-16(15)21(26)24-19-13(3)9-12(2)10-17(19)22/h5-10,15-16H,4,11H2,1-3H3,(H,23,25)(H,24,26). The summed E-state index contributed by atoms with van der Waals surface area (Å²) in [7, 11) is 0. The summed E-state index contributed by atoms with van der Waals surface area (Å²) in [5.74, 6) is -0.842. The Morgan fingerprint density at radius 1 is 1.08 bits per heavy atom. The van der Waals surface area contributed by atoms with Gasteiger partial charge in [-0.05, 0) is 55.5 Å². The second-order valence-corrected chi connectivity index (χ2v) is 7.28. The van der Waals surface area contributed by atoms with Crippen molar-refractivity contribution in [2.75, 3.05) is 10.6 Å². The van der Waals surface area contributed by atoms with Gasteiger partial charge in [0.05, 0.1) is 22.5 Å². The highest BCUT2D eigenvalue weighted by atomic mass is 35.5. The number of hydrogen-bond donors (Lipinski definition) is 2. The predicted octanol–water partition coefficient (Wildman–Crippen LogP) is 4.73. The molecule has 0 bridgehead atoms. The van der Waals surface area contributed by atoms with Crippen molar-refractivity contribution < 1.29 is 9.59 Å². The van der Waals surface area contributed by atoms with Crippen LogP contribution in [0.1, 0.15) is 30.0 Å². The van der Waals surface area contributed by atoms with Crippen LogP contribution in [0.15, 0.2) is 36.4 Å². The van der Waals surface area contributed by atoms with Crippen LogP contribution in [0.5, 0.6) is 0 Å². The molecule has 0 saturated heterocycles. The van der Waals surface area contributed by atoms with Crippen LogP contribution in [0.2, 0.25) is 5.02 Å². The molecule has 0 heterocycles. The largest absolute Gasteiger partial charge is 0.326 e. The molecule has 1 fully saturated rings. The first-order valence-corrected chi connectivity index (χ1v) is 9.25. The van der Waals surface area contributed by atoms with E-state index in [4.69, 9.17) is 11.6 Å². The highest BCUT2D eigenvalue weighted by Gasteiger charge is 2.48. The molecule has 3 rings (SSSR count). The fourth-order valence-corrected chi connectivity index (χ4v) is 3.61. The van der Waals surface area contributed by atoms with E-state index in [2.05, 4.69) is 10.6 Å². The molecule has 0 spiro atoms. The Labute approximate surface area is 158 Å². The van der Waals surface area contributed by atoms with Crippen molar-refractivity contribution >= 4 is 34.8 Å². The zero-order valence-corrected chi connectivity index (χ0v) is 16.0. The zero-order chi connectivity index (χ0) is 18.8. The van der Waals surface area contributed by atoms with Gasteiger partial charge in [0.2, 0.25) is 11.8 Å². The lowest BCUT2D eigenvalue weighted by Crippen LogP contribution is -2.21. The molecule has 1 saturated carbocycles. The van der Waals surface area contributed by atoms with E-state index in [0.717, 1.165) is 28.8 Å². The fourth-order valence-electron chi connectivity index (χ4n) is 3.24. The highest BCUT2D eigenvalue weighted by molar-refractivity contribution is 6.34. The van der Waals surface area contributed by atoms with Gasteiger partial charge in [-0.3, -0.25) is 9.59 Å². The summed E-state index contributed by atoms with van der Waals surface area (Å²) < 4.78 is 0. The maximum atomic E-state index is 12.5. The first-order chi connectivity index (χ1) is 12.4. The van der Waals surface area contributed by atoms with Crippen molar-refractivity contribution in [1.82, 2.24) is 0 Å². The van der Waals surface area contributed by atoms with E-state index in [1.165, 1.54) is 0 Å². The first-order valence-electron chi connectivity index (χ1n) is 8.87. The number of anilines is 2.